The summed E-state index contributed by atoms with van der Waals surface area (Å²) in [5, 5.41) is -2.14. The average Bonchev–Trinajstić information content (AvgIpc) is 2.02. The van der Waals surface area contributed by atoms with Gasteiger partial charge < -0.3 is 0 Å². The molecule has 1 aromatic rings. The maximum absolute atomic E-state index is 11.3. The molecule has 0 aromatic heterocycles. The molecule has 1 atom stereocenters. The quantitative estimate of drug-likeness (QED) is 0.743. The lowest BCUT2D eigenvalue weighted by molar-refractivity contribution is -0.111. The molecule has 3 nitrogen and oxygen atoms in total. The molecule has 0 N–H and O–H groups in total. The molecule has 1 aromatic carbocycles. The topological polar surface area (TPSA) is 51.2 Å². The van der Waals surface area contributed by atoms with Crippen LogP contribution in [0.5, 0.6) is 0 Å². The second kappa shape index (κ2) is 4.11. The van der Waals surface area contributed by atoms with Gasteiger partial charge in [-0.15, -0.1) is 0 Å². The highest BCUT2D eigenvalue weighted by atomic mass is 35.5. The first kappa shape index (κ1) is 11.2. The fraction of sp³-hybridized carbons (Fsp3) is 0.222. The van der Waals surface area contributed by atoms with Gasteiger partial charge in [0.25, 0.3) is 0 Å². The molecule has 0 amide bonds. The van der Waals surface area contributed by atoms with Gasteiger partial charge in [-0.3, -0.25) is 4.79 Å². The number of sulfone groups is 1. The van der Waals surface area contributed by atoms with Gasteiger partial charge in [0.15, 0.2) is 15.1 Å². The molecule has 5 heteroatoms. The van der Waals surface area contributed by atoms with Crippen LogP contribution in [0, 0.1) is 0 Å². The van der Waals surface area contributed by atoms with Gasteiger partial charge in [0.2, 0.25) is 5.24 Å². The van der Waals surface area contributed by atoms with Crippen LogP contribution in [-0.4, -0.2) is 19.9 Å². The van der Waals surface area contributed by atoms with Crippen molar-refractivity contribution < 1.29 is 13.2 Å². The van der Waals surface area contributed by atoms with Crippen molar-refractivity contribution in [1.29, 1.82) is 0 Å². The van der Waals surface area contributed by atoms with Crippen LogP contribution in [0.25, 0.3) is 0 Å². The Morgan fingerprint density at radius 2 is 1.79 bits per heavy atom. The fourth-order valence-electron chi connectivity index (χ4n) is 1.17. The van der Waals surface area contributed by atoms with Gasteiger partial charge >= 0.3 is 0 Å². The van der Waals surface area contributed by atoms with E-state index in [4.69, 9.17) is 11.6 Å². The number of hydrogen-bond acceptors (Lipinski definition) is 3. The zero-order chi connectivity index (χ0) is 10.8. The summed E-state index contributed by atoms with van der Waals surface area (Å²) in [7, 11) is -3.50. The largest absolute Gasteiger partial charge is 0.279 e. The number of hydrogen-bond donors (Lipinski definition) is 0. The summed E-state index contributed by atoms with van der Waals surface area (Å²) in [6.07, 6.45) is 0.991. The van der Waals surface area contributed by atoms with Gasteiger partial charge in [0.05, 0.1) is 0 Å². The zero-order valence-electron chi connectivity index (χ0n) is 7.48. The lowest BCUT2D eigenvalue weighted by Crippen LogP contribution is -2.17. The maximum Gasteiger partial charge on any atom is 0.244 e. The van der Waals surface area contributed by atoms with Crippen molar-refractivity contribution in [1.82, 2.24) is 0 Å². The Bertz CT molecular complexity index is 425. The number of carbonyl (C=O) groups is 1. The molecule has 0 aliphatic carbocycles. The second-order valence-electron chi connectivity index (χ2n) is 2.92. The van der Waals surface area contributed by atoms with Gasteiger partial charge in [-0.05, 0) is 17.2 Å². The predicted molar refractivity (Wildman–Crippen MR) is 54.9 cm³/mol. The fourth-order valence-corrected chi connectivity index (χ4v) is 2.77. The predicted octanol–water partition coefficient (Wildman–Crippen LogP) is 1.54. The lowest BCUT2D eigenvalue weighted by Gasteiger charge is -2.09. The number of benzene rings is 1. The van der Waals surface area contributed by atoms with Crippen LogP contribution < -0.4 is 0 Å². The molecule has 0 aliphatic rings. The van der Waals surface area contributed by atoms with Gasteiger partial charge in [-0.25, -0.2) is 8.42 Å². The van der Waals surface area contributed by atoms with E-state index in [0.717, 1.165) is 6.26 Å². The molecule has 0 bridgehead atoms. The van der Waals surface area contributed by atoms with Crippen LogP contribution in [0.1, 0.15) is 10.8 Å². The first-order valence-electron chi connectivity index (χ1n) is 3.86. The molecule has 0 aliphatic heterocycles. The van der Waals surface area contributed by atoms with Crippen molar-refractivity contribution in [3.8, 4) is 0 Å². The molecule has 0 radical (unpaired) electrons. The van der Waals surface area contributed by atoms with E-state index >= 15 is 0 Å². The molecule has 1 rings (SSSR count). The summed E-state index contributed by atoms with van der Waals surface area (Å²) in [6, 6.07) is 8.18. The zero-order valence-corrected chi connectivity index (χ0v) is 9.05. The van der Waals surface area contributed by atoms with Crippen molar-refractivity contribution in [3.05, 3.63) is 35.9 Å². The molecule has 1 unspecified atom stereocenters. The molecular formula is C9H9ClO3S. The van der Waals surface area contributed by atoms with Crippen molar-refractivity contribution in [2.45, 2.75) is 5.25 Å². The van der Waals surface area contributed by atoms with Crippen molar-refractivity contribution in [3.63, 3.8) is 0 Å². The Morgan fingerprint density at radius 1 is 1.29 bits per heavy atom. The van der Waals surface area contributed by atoms with Crippen LogP contribution in [0.2, 0.25) is 0 Å². The standard InChI is InChI=1S/C9H9ClO3S/c1-14(12,13)8(9(10)11)7-5-3-2-4-6-7/h2-6,8H,1H3. The summed E-state index contributed by atoms with van der Waals surface area (Å²) < 4.78 is 22.5. The molecular weight excluding hydrogens is 224 g/mol. The number of carbonyl (C=O) groups excluding carboxylic acids is 1. The van der Waals surface area contributed by atoms with Crippen LogP contribution >= 0.6 is 11.6 Å². The Balaban J connectivity index is 3.22. The normalized spacial score (nSPS) is 13.6. The summed E-state index contributed by atoms with van der Waals surface area (Å²) in [5.74, 6) is 0. The first-order valence-corrected chi connectivity index (χ1v) is 6.19. The van der Waals surface area contributed by atoms with E-state index in [1.165, 1.54) is 0 Å². The number of rotatable bonds is 3. The molecule has 14 heavy (non-hydrogen) atoms. The van der Waals surface area contributed by atoms with E-state index in [9.17, 15) is 13.2 Å². The van der Waals surface area contributed by atoms with Gasteiger partial charge in [-0.1, -0.05) is 30.3 Å². The Labute approximate surface area is 87.6 Å². The molecule has 0 spiro atoms. The molecule has 76 valence electrons. The minimum Gasteiger partial charge on any atom is -0.279 e. The van der Waals surface area contributed by atoms with E-state index < -0.39 is 20.3 Å². The van der Waals surface area contributed by atoms with E-state index in [0.29, 0.717) is 5.56 Å². The first-order chi connectivity index (χ1) is 6.43. The average molecular weight is 233 g/mol. The summed E-state index contributed by atoms with van der Waals surface area (Å²) in [4.78, 5) is 11.0. The maximum atomic E-state index is 11.3. The van der Waals surface area contributed by atoms with E-state index in [-0.39, 0.29) is 0 Å². The van der Waals surface area contributed by atoms with Crippen LogP contribution in [0.4, 0.5) is 0 Å². The van der Waals surface area contributed by atoms with Crippen molar-refractivity contribution in [2.24, 2.45) is 0 Å². The highest BCUT2D eigenvalue weighted by Crippen LogP contribution is 2.23. The summed E-state index contributed by atoms with van der Waals surface area (Å²) >= 11 is 5.24. The third-order valence-corrected chi connectivity index (χ3v) is 3.43. The minimum absolute atomic E-state index is 0.398. The van der Waals surface area contributed by atoms with Gasteiger partial charge in [0, 0.05) is 6.26 Å². The third-order valence-electron chi connectivity index (χ3n) is 1.74. The molecule has 0 saturated heterocycles. The van der Waals surface area contributed by atoms with Crippen molar-refractivity contribution in [2.75, 3.05) is 6.26 Å². The third kappa shape index (κ3) is 2.56. The molecule has 0 fully saturated rings. The van der Waals surface area contributed by atoms with E-state index in [1.54, 1.807) is 30.3 Å². The summed E-state index contributed by atoms with van der Waals surface area (Å²) in [5.41, 5.74) is 0.398. The Hall–Kier alpha value is -0.870. The number of halogens is 1. The van der Waals surface area contributed by atoms with Crippen LogP contribution in [-0.2, 0) is 14.6 Å². The smallest absolute Gasteiger partial charge is 0.244 e. The van der Waals surface area contributed by atoms with Crippen LogP contribution in [0.3, 0.4) is 0 Å². The summed E-state index contributed by atoms with van der Waals surface area (Å²) in [6.45, 7) is 0. The minimum atomic E-state index is -3.50. The highest BCUT2D eigenvalue weighted by molar-refractivity contribution is 7.91. The Morgan fingerprint density at radius 3 is 2.14 bits per heavy atom. The van der Waals surface area contributed by atoms with E-state index in [1.807, 2.05) is 0 Å². The van der Waals surface area contributed by atoms with E-state index in [2.05, 4.69) is 0 Å². The SMILES string of the molecule is CS(=O)(=O)C(C(=O)Cl)c1ccccc1. The van der Waals surface area contributed by atoms with Gasteiger partial charge in [-0.2, -0.15) is 0 Å². The molecule has 0 saturated carbocycles. The second-order valence-corrected chi connectivity index (χ2v) is 5.43. The van der Waals surface area contributed by atoms with Crippen molar-refractivity contribution >= 4 is 26.7 Å². The highest BCUT2D eigenvalue weighted by Gasteiger charge is 2.28. The molecule has 0 heterocycles. The lowest BCUT2D eigenvalue weighted by atomic mass is 10.2. The monoisotopic (exact) mass is 232 g/mol. The Kier molecular flexibility index (Phi) is 3.29. The van der Waals surface area contributed by atoms with Crippen LogP contribution in [0.15, 0.2) is 30.3 Å². The van der Waals surface area contributed by atoms with Gasteiger partial charge in [0.1, 0.15) is 0 Å².